The fourth-order valence-corrected chi connectivity index (χ4v) is 2.82. The molecule has 0 bridgehead atoms. The number of rotatable bonds is 7. The molecule has 1 heterocycles. The monoisotopic (exact) mass is 442 g/mol. The summed E-state index contributed by atoms with van der Waals surface area (Å²) in [6.45, 7) is 2.94. The van der Waals surface area contributed by atoms with Crippen molar-refractivity contribution >= 4 is 29.3 Å². The molecule has 0 aromatic heterocycles. The van der Waals surface area contributed by atoms with E-state index < -0.39 is 63.7 Å². The molecule has 0 saturated carbocycles. The van der Waals surface area contributed by atoms with Crippen LogP contribution in [0, 0.1) is 20.2 Å². The van der Waals surface area contributed by atoms with Crippen LogP contribution < -0.4 is 4.74 Å². The van der Waals surface area contributed by atoms with E-state index in [1.807, 2.05) is 0 Å². The molecule has 1 aliphatic heterocycles. The largest absolute Gasteiger partial charge is 0.460 e. The minimum Gasteiger partial charge on any atom is -0.460 e. The van der Waals surface area contributed by atoms with E-state index in [1.54, 1.807) is 0 Å². The second-order valence-corrected chi connectivity index (χ2v) is 6.28. The van der Waals surface area contributed by atoms with Gasteiger partial charge in [-0.25, -0.2) is 0 Å². The van der Waals surface area contributed by atoms with Crippen LogP contribution in [0.4, 0.5) is 11.4 Å². The molecule has 14 heteroatoms. The Balaban J connectivity index is 2.37. The van der Waals surface area contributed by atoms with Gasteiger partial charge in [-0.05, 0) is 6.07 Å². The third-order valence-corrected chi connectivity index (χ3v) is 3.90. The maximum absolute atomic E-state index is 11.6. The summed E-state index contributed by atoms with van der Waals surface area (Å²) in [6, 6.07) is 2.74. The third-order valence-electron chi connectivity index (χ3n) is 3.90. The van der Waals surface area contributed by atoms with Crippen LogP contribution in [0.25, 0.3) is 0 Å². The molecule has 0 amide bonds. The molecule has 1 aromatic carbocycles. The normalized spacial score (nSPS) is 22.7. The molecule has 1 aromatic rings. The summed E-state index contributed by atoms with van der Waals surface area (Å²) in [6.07, 6.45) is -5.30. The minimum absolute atomic E-state index is 0.216. The molecule has 31 heavy (non-hydrogen) atoms. The molecule has 0 spiro atoms. The van der Waals surface area contributed by atoms with Crippen LogP contribution in [0.1, 0.15) is 20.8 Å². The summed E-state index contributed by atoms with van der Waals surface area (Å²) in [5, 5.41) is 22.1. The first kappa shape index (κ1) is 23.5. The number of nitro benzene ring substituents is 2. The predicted octanol–water partition coefficient (Wildman–Crippen LogP) is 1.03. The molecule has 168 valence electrons. The van der Waals surface area contributed by atoms with E-state index in [1.165, 1.54) is 0 Å². The molecular formula is C17H18N2O12. The number of esters is 3. The third kappa shape index (κ3) is 6.08. The minimum atomic E-state index is -1.44. The van der Waals surface area contributed by atoms with E-state index in [9.17, 15) is 34.6 Å². The van der Waals surface area contributed by atoms with Crippen molar-refractivity contribution in [1.29, 1.82) is 0 Å². The quantitative estimate of drug-likeness (QED) is 0.253. The van der Waals surface area contributed by atoms with Gasteiger partial charge in [-0.15, -0.1) is 0 Å². The van der Waals surface area contributed by atoms with Gasteiger partial charge in [-0.3, -0.25) is 34.6 Å². The van der Waals surface area contributed by atoms with Gasteiger partial charge in [0.2, 0.25) is 12.4 Å². The highest BCUT2D eigenvalue weighted by Crippen LogP contribution is 2.33. The average molecular weight is 442 g/mol. The van der Waals surface area contributed by atoms with E-state index in [2.05, 4.69) is 0 Å². The van der Waals surface area contributed by atoms with Gasteiger partial charge >= 0.3 is 29.3 Å². The number of carbonyl (C=O) groups excluding carboxylic acids is 3. The zero-order chi connectivity index (χ0) is 23.3. The molecule has 1 saturated heterocycles. The van der Waals surface area contributed by atoms with Gasteiger partial charge in [0.15, 0.2) is 12.2 Å². The summed E-state index contributed by atoms with van der Waals surface area (Å²) in [7, 11) is 0. The van der Waals surface area contributed by atoms with Crippen LogP contribution in [0.15, 0.2) is 18.2 Å². The standard InChI is InChI=1S/C17H18N2O12/c1-8(20)28-14-7-27-17(16(30-10(3)22)15(14)29-9(2)21)31-11-4-5-12(18(23)24)13(6-11)19(25)26/h4-6,14-17H,7H2,1-3H3/t14-,15-,16-,17-/m1/s1. The van der Waals surface area contributed by atoms with E-state index >= 15 is 0 Å². The van der Waals surface area contributed by atoms with E-state index in [-0.39, 0.29) is 12.4 Å². The Morgan fingerprint density at radius 3 is 1.97 bits per heavy atom. The fraction of sp³-hybridized carbons (Fsp3) is 0.471. The smallest absolute Gasteiger partial charge is 0.349 e. The summed E-state index contributed by atoms with van der Waals surface area (Å²) < 4.78 is 26.3. The van der Waals surface area contributed by atoms with Crippen molar-refractivity contribution in [2.75, 3.05) is 6.61 Å². The molecule has 0 aliphatic carbocycles. The molecule has 0 N–H and O–H groups in total. The van der Waals surface area contributed by atoms with Crippen LogP contribution >= 0.6 is 0 Å². The van der Waals surface area contributed by atoms with Gasteiger partial charge in [-0.1, -0.05) is 0 Å². The Kier molecular flexibility index (Phi) is 7.42. The molecule has 1 fully saturated rings. The Hall–Kier alpha value is -3.81. The molecule has 1 aliphatic rings. The van der Waals surface area contributed by atoms with Crippen LogP contribution in [0.3, 0.4) is 0 Å². The number of carbonyl (C=O) groups is 3. The van der Waals surface area contributed by atoms with Gasteiger partial charge in [0.05, 0.1) is 22.5 Å². The lowest BCUT2D eigenvalue weighted by Crippen LogP contribution is -2.59. The first-order valence-electron chi connectivity index (χ1n) is 8.72. The maximum Gasteiger partial charge on any atom is 0.349 e. The van der Waals surface area contributed by atoms with Crippen molar-refractivity contribution in [3.05, 3.63) is 38.4 Å². The van der Waals surface area contributed by atoms with Gasteiger partial charge < -0.3 is 23.7 Å². The van der Waals surface area contributed by atoms with Crippen molar-refractivity contribution < 1.29 is 47.9 Å². The fourth-order valence-electron chi connectivity index (χ4n) is 2.82. The molecule has 2 rings (SSSR count). The Morgan fingerprint density at radius 1 is 0.903 bits per heavy atom. The van der Waals surface area contributed by atoms with Crippen LogP contribution in [-0.4, -0.2) is 59.0 Å². The molecule has 0 radical (unpaired) electrons. The molecule has 4 atom stereocenters. The lowest BCUT2D eigenvalue weighted by Gasteiger charge is -2.40. The van der Waals surface area contributed by atoms with Crippen LogP contribution in [0.2, 0.25) is 0 Å². The topological polar surface area (TPSA) is 184 Å². The highest BCUT2D eigenvalue weighted by Gasteiger charge is 2.48. The zero-order valence-electron chi connectivity index (χ0n) is 16.5. The first-order valence-corrected chi connectivity index (χ1v) is 8.72. The molecule has 0 unspecified atom stereocenters. The lowest BCUT2D eigenvalue weighted by molar-refractivity contribution is -0.422. The maximum atomic E-state index is 11.6. The van der Waals surface area contributed by atoms with Crippen molar-refractivity contribution in [2.24, 2.45) is 0 Å². The summed E-state index contributed by atoms with van der Waals surface area (Å²) in [5.74, 6) is -2.51. The molecule has 14 nitrogen and oxygen atoms in total. The number of benzene rings is 1. The number of hydrogen-bond acceptors (Lipinski definition) is 12. The van der Waals surface area contributed by atoms with Crippen LogP contribution in [-0.2, 0) is 33.3 Å². The summed E-state index contributed by atoms with van der Waals surface area (Å²) >= 11 is 0. The van der Waals surface area contributed by atoms with E-state index in [4.69, 9.17) is 23.7 Å². The van der Waals surface area contributed by atoms with Gasteiger partial charge in [0.25, 0.3) is 0 Å². The Labute approximate surface area is 174 Å². The molecular weight excluding hydrogens is 424 g/mol. The number of hydrogen-bond donors (Lipinski definition) is 0. The van der Waals surface area contributed by atoms with Gasteiger partial charge in [0.1, 0.15) is 5.75 Å². The predicted molar refractivity (Wildman–Crippen MR) is 96.8 cm³/mol. The van der Waals surface area contributed by atoms with Crippen LogP contribution in [0.5, 0.6) is 5.75 Å². The van der Waals surface area contributed by atoms with Crippen molar-refractivity contribution in [1.82, 2.24) is 0 Å². The first-order chi connectivity index (χ1) is 14.5. The Morgan fingerprint density at radius 2 is 1.45 bits per heavy atom. The second-order valence-electron chi connectivity index (χ2n) is 6.28. The summed E-state index contributed by atoms with van der Waals surface area (Å²) in [4.78, 5) is 54.7. The lowest BCUT2D eigenvalue weighted by atomic mass is 10.0. The highest BCUT2D eigenvalue weighted by atomic mass is 16.7. The number of nitrogens with zero attached hydrogens (tertiary/aromatic N) is 2. The van der Waals surface area contributed by atoms with Crippen molar-refractivity contribution in [3.63, 3.8) is 0 Å². The number of nitro groups is 2. The average Bonchev–Trinajstić information content (AvgIpc) is 2.65. The summed E-state index contributed by atoms with van der Waals surface area (Å²) in [5.41, 5.74) is -1.59. The van der Waals surface area contributed by atoms with Gasteiger partial charge in [-0.2, -0.15) is 0 Å². The zero-order valence-corrected chi connectivity index (χ0v) is 16.5. The van der Waals surface area contributed by atoms with E-state index in [0.29, 0.717) is 0 Å². The van der Waals surface area contributed by atoms with Crippen molar-refractivity contribution in [3.8, 4) is 5.75 Å². The Bertz CT molecular complexity index is 901. The highest BCUT2D eigenvalue weighted by molar-refractivity contribution is 5.68. The second kappa shape index (κ2) is 9.80. The van der Waals surface area contributed by atoms with Crippen molar-refractivity contribution in [2.45, 2.75) is 45.4 Å². The SMILES string of the molecule is CC(=O)O[C@H]1[C@@H](Oc2ccc([N+](=O)[O-])c([N+](=O)[O-])c2)OC[C@@H](OC(C)=O)[C@H]1OC(C)=O. The van der Waals surface area contributed by atoms with E-state index in [0.717, 1.165) is 39.0 Å². The number of ether oxygens (including phenoxy) is 5. The van der Waals surface area contributed by atoms with Gasteiger partial charge in [0, 0.05) is 26.8 Å².